The first kappa shape index (κ1) is 27.1. The molecule has 198 valence electrons. The number of benzene rings is 1. The average molecular weight is 572 g/mol. The van der Waals surface area contributed by atoms with Gasteiger partial charge in [0.1, 0.15) is 23.2 Å². The smallest absolute Gasteiger partial charge is 0.352 e. The summed E-state index contributed by atoms with van der Waals surface area (Å²) in [5.74, 6) is -3.41. The third-order valence-corrected chi connectivity index (χ3v) is 8.33. The lowest BCUT2D eigenvalue weighted by Crippen LogP contribution is -2.71. The van der Waals surface area contributed by atoms with Crippen molar-refractivity contribution in [3.8, 4) is 0 Å². The molecule has 1 fully saturated rings. The van der Waals surface area contributed by atoms with Crippen LogP contribution < -0.4 is 11.1 Å². The molecule has 0 spiro atoms. The first-order chi connectivity index (χ1) is 17.5. The number of thioether (sulfide) groups is 2. The second-order valence-corrected chi connectivity index (χ2v) is 11.5. The number of hydrogen-bond acceptors (Lipinski definition) is 12. The topological polar surface area (TPSA) is 226 Å². The molecule has 2 aliphatic rings. The van der Waals surface area contributed by atoms with Gasteiger partial charge in [-0.25, -0.2) is 4.79 Å². The highest BCUT2D eigenvalue weighted by atomic mass is 32.2. The van der Waals surface area contributed by atoms with Crippen LogP contribution in [0.3, 0.4) is 0 Å². The molecule has 2 aromatic rings. The fourth-order valence-electron chi connectivity index (χ4n) is 3.68. The molecular formula is C20H21N5O9S3. The van der Waals surface area contributed by atoms with Crippen molar-refractivity contribution in [1.82, 2.24) is 20.4 Å². The molecule has 0 saturated carbocycles. The highest BCUT2D eigenvalue weighted by molar-refractivity contribution is 8.01. The first-order valence-corrected chi connectivity index (χ1v) is 14.2. The summed E-state index contributed by atoms with van der Waals surface area (Å²) in [5, 5.41) is 28.0. The van der Waals surface area contributed by atoms with E-state index in [4.69, 9.17) is 19.8 Å². The maximum Gasteiger partial charge on any atom is 0.352 e. The summed E-state index contributed by atoms with van der Waals surface area (Å²) in [5.41, 5.74) is 7.34. The second-order valence-electron chi connectivity index (χ2n) is 8.01. The zero-order chi connectivity index (χ0) is 26.9. The van der Waals surface area contributed by atoms with Crippen molar-refractivity contribution in [1.29, 1.82) is 0 Å². The van der Waals surface area contributed by atoms with Crippen LogP contribution in [-0.2, 0) is 36.9 Å². The summed E-state index contributed by atoms with van der Waals surface area (Å²) in [6, 6.07) is 4.44. The molecule has 3 heterocycles. The predicted octanol–water partition coefficient (Wildman–Crippen LogP) is -0.520. The lowest BCUT2D eigenvalue weighted by Gasteiger charge is -2.49. The van der Waals surface area contributed by atoms with E-state index in [9.17, 15) is 27.9 Å². The molecule has 2 aliphatic heterocycles. The maximum atomic E-state index is 12.8. The molecule has 0 aliphatic carbocycles. The molecule has 3 atom stereocenters. The summed E-state index contributed by atoms with van der Waals surface area (Å²) in [7, 11) is -4.36. The van der Waals surface area contributed by atoms with Crippen LogP contribution in [0.15, 0.2) is 45.2 Å². The standard InChI is InChI=1S/C20H21N5O9S3/c21-13(10-3-1-9(5-26)2-4-10)16(27)22-14-17(28)25-15(19(29)30)11(6-35-18(14)25)7-36-20-24-23-12(34-20)8-37(31,32)33/h1-4,13-14,18,26H,5-8,21H2,(H,22,27)(H,29,30)(H,31,32,33)/t13?,14?,18-/m0/s1. The highest BCUT2D eigenvalue weighted by Crippen LogP contribution is 2.41. The zero-order valence-electron chi connectivity index (χ0n) is 18.8. The molecule has 2 unspecified atom stereocenters. The Morgan fingerprint density at radius 3 is 2.62 bits per heavy atom. The molecule has 1 aromatic heterocycles. The fourth-order valence-corrected chi connectivity index (χ4v) is 6.37. The Bertz CT molecular complexity index is 1360. The van der Waals surface area contributed by atoms with Gasteiger partial charge in [-0.1, -0.05) is 36.0 Å². The Labute approximate surface area is 218 Å². The number of aliphatic hydroxyl groups excluding tert-OH is 1. The monoisotopic (exact) mass is 571 g/mol. The number of aromatic nitrogens is 2. The Hall–Kier alpha value is -2.96. The van der Waals surface area contributed by atoms with E-state index in [0.29, 0.717) is 16.7 Å². The fraction of sp³-hybridized carbons (Fsp3) is 0.350. The number of fused-ring (bicyclic) bond motifs is 1. The molecule has 0 bridgehead atoms. The van der Waals surface area contributed by atoms with Crippen LogP contribution in [0, 0.1) is 0 Å². The SMILES string of the molecule is NC(C(=O)NC1C(=O)N2C(C(=O)O)=C(CSc3nnc(CS(=O)(=O)O)o3)CS[C@@H]12)c1ccc(CO)cc1. The van der Waals surface area contributed by atoms with Gasteiger partial charge in [0.2, 0.25) is 11.8 Å². The van der Waals surface area contributed by atoms with E-state index in [1.165, 1.54) is 11.8 Å². The molecule has 1 aromatic carbocycles. The molecule has 4 rings (SSSR count). The first-order valence-electron chi connectivity index (χ1n) is 10.5. The van der Waals surface area contributed by atoms with E-state index in [-0.39, 0.29) is 34.9 Å². The molecule has 0 radical (unpaired) electrons. The minimum Gasteiger partial charge on any atom is -0.477 e. The minimum atomic E-state index is -4.36. The van der Waals surface area contributed by atoms with Crippen LogP contribution in [0.1, 0.15) is 23.1 Å². The van der Waals surface area contributed by atoms with Gasteiger partial charge in [0.25, 0.3) is 21.2 Å². The van der Waals surface area contributed by atoms with E-state index in [1.807, 2.05) is 0 Å². The number of carbonyl (C=O) groups is 3. The van der Waals surface area contributed by atoms with Gasteiger partial charge in [0, 0.05) is 11.5 Å². The molecule has 2 amide bonds. The number of carbonyl (C=O) groups excluding carboxylic acids is 2. The zero-order valence-corrected chi connectivity index (χ0v) is 21.3. The van der Waals surface area contributed by atoms with E-state index in [1.54, 1.807) is 24.3 Å². The molecule has 1 saturated heterocycles. The highest BCUT2D eigenvalue weighted by Gasteiger charge is 2.54. The van der Waals surface area contributed by atoms with E-state index < -0.39 is 51.1 Å². The largest absolute Gasteiger partial charge is 0.477 e. The van der Waals surface area contributed by atoms with E-state index in [0.717, 1.165) is 16.7 Å². The van der Waals surface area contributed by atoms with Gasteiger partial charge in [-0.3, -0.25) is 19.0 Å². The third-order valence-electron chi connectivity index (χ3n) is 5.48. The summed E-state index contributed by atoms with van der Waals surface area (Å²) in [6.45, 7) is -0.156. The molecule has 37 heavy (non-hydrogen) atoms. The number of β-lactam (4-membered cyclic amide) rings is 1. The molecule has 6 N–H and O–H groups in total. The lowest BCUT2D eigenvalue weighted by molar-refractivity contribution is -0.150. The Balaban J connectivity index is 1.41. The molecule has 14 nitrogen and oxygen atoms in total. The normalized spacial score (nSPS) is 20.3. The van der Waals surface area contributed by atoms with Gasteiger partial charge in [-0.05, 0) is 16.7 Å². The van der Waals surface area contributed by atoms with Crippen LogP contribution in [0.5, 0.6) is 0 Å². The van der Waals surface area contributed by atoms with Crippen molar-refractivity contribution in [2.45, 2.75) is 35.0 Å². The quantitative estimate of drug-likeness (QED) is 0.137. The summed E-state index contributed by atoms with van der Waals surface area (Å²) in [6.07, 6.45) is 0. The van der Waals surface area contributed by atoms with Gasteiger partial charge in [-0.15, -0.1) is 22.0 Å². The van der Waals surface area contributed by atoms with Crippen molar-refractivity contribution >= 4 is 51.4 Å². The number of aliphatic carboxylic acids is 1. The maximum absolute atomic E-state index is 12.8. The summed E-state index contributed by atoms with van der Waals surface area (Å²) < 4.78 is 35.9. The number of nitrogens with two attached hydrogens (primary N) is 1. The van der Waals surface area contributed by atoms with Gasteiger partial charge < -0.3 is 25.7 Å². The number of carboxylic acids is 1. The van der Waals surface area contributed by atoms with Gasteiger partial charge in [-0.2, -0.15) is 8.42 Å². The number of aliphatic hydroxyl groups is 1. The number of nitrogens with zero attached hydrogens (tertiary/aromatic N) is 3. The van der Waals surface area contributed by atoms with Crippen LogP contribution in [-0.4, -0.2) is 79.0 Å². The van der Waals surface area contributed by atoms with Gasteiger partial charge in [0.15, 0.2) is 5.75 Å². The Kier molecular flexibility index (Phi) is 7.91. The van der Waals surface area contributed by atoms with Crippen LogP contribution >= 0.6 is 23.5 Å². The third kappa shape index (κ3) is 5.97. The summed E-state index contributed by atoms with van der Waals surface area (Å²) >= 11 is 2.21. The number of carboxylic acid groups (broad SMARTS) is 1. The van der Waals surface area contributed by atoms with Crippen molar-refractivity contribution in [3.05, 3.63) is 52.6 Å². The van der Waals surface area contributed by atoms with Crippen LogP contribution in [0.2, 0.25) is 0 Å². The van der Waals surface area contributed by atoms with Crippen molar-refractivity contribution < 1.29 is 42.0 Å². The van der Waals surface area contributed by atoms with Crippen LogP contribution in [0.4, 0.5) is 0 Å². The number of rotatable bonds is 10. The second kappa shape index (κ2) is 10.8. The summed E-state index contributed by atoms with van der Waals surface area (Å²) in [4.78, 5) is 38.6. The van der Waals surface area contributed by atoms with E-state index in [2.05, 4.69) is 15.5 Å². The van der Waals surface area contributed by atoms with E-state index >= 15 is 0 Å². The lowest BCUT2D eigenvalue weighted by atomic mass is 10.0. The minimum absolute atomic E-state index is 0.0379. The molecular weight excluding hydrogens is 550 g/mol. The predicted molar refractivity (Wildman–Crippen MR) is 129 cm³/mol. The van der Waals surface area contributed by atoms with Crippen molar-refractivity contribution in [2.75, 3.05) is 11.5 Å². The average Bonchev–Trinajstić information content (AvgIpc) is 3.30. The number of amides is 2. The number of hydrogen-bond donors (Lipinski definition) is 5. The van der Waals surface area contributed by atoms with Gasteiger partial charge >= 0.3 is 5.97 Å². The number of nitrogens with one attached hydrogen (secondary N) is 1. The Morgan fingerprint density at radius 2 is 2.00 bits per heavy atom. The van der Waals surface area contributed by atoms with Gasteiger partial charge in [0.05, 0.1) is 6.61 Å². The van der Waals surface area contributed by atoms with Crippen LogP contribution in [0.25, 0.3) is 0 Å². The Morgan fingerprint density at radius 1 is 1.30 bits per heavy atom. The van der Waals surface area contributed by atoms with Crippen molar-refractivity contribution in [3.63, 3.8) is 0 Å². The van der Waals surface area contributed by atoms with Crippen molar-refractivity contribution in [2.24, 2.45) is 5.73 Å². The molecule has 17 heteroatoms.